The van der Waals surface area contributed by atoms with Crippen molar-refractivity contribution in [2.24, 2.45) is 5.41 Å². The molecule has 20 heavy (non-hydrogen) atoms. The van der Waals surface area contributed by atoms with Crippen LogP contribution >= 0.6 is 12.2 Å². The molecule has 0 spiro atoms. The molecular weight excluding hydrogens is 268 g/mol. The summed E-state index contributed by atoms with van der Waals surface area (Å²) in [5, 5.41) is 0. The molecule has 2 aromatic rings. The van der Waals surface area contributed by atoms with Gasteiger partial charge >= 0.3 is 0 Å². The van der Waals surface area contributed by atoms with E-state index in [2.05, 4.69) is 36.4 Å². The molecule has 0 radical (unpaired) electrons. The minimum Gasteiger partial charge on any atom is -0.489 e. The van der Waals surface area contributed by atoms with Gasteiger partial charge in [0.1, 0.15) is 11.3 Å². The maximum absolute atomic E-state index is 5.86. The number of ether oxygens (including phenoxy) is 1. The summed E-state index contributed by atoms with van der Waals surface area (Å²) in [6, 6.07) is 6.11. The normalized spacial score (nSPS) is 12.3. The van der Waals surface area contributed by atoms with Gasteiger partial charge in [-0.2, -0.15) is 0 Å². The second-order valence-corrected chi connectivity index (χ2v) is 6.74. The molecular formula is C16H24N2OS. The van der Waals surface area contributed by atoms with Gasteiger partial charge in [0.2, 0.25) is 0 Å². The lowest BCUT2D eigenvalue weighted by Gasteiger charge is -2.23. The lowest BCUT2D eigenvalue weighted by Crippen LogP contribution is -2.18. The number of benzene rings is 1. The van der Waals surface area contributed by atoms with Crippen LogP contribution in [0.1, 0.15) is 41.0 Å². The van der Waals surface area contributed by atoms with Crippen molar-refractivity contribution in [1.82, 2.24) is 9.55 Å². The summed E-state index contributed by atoms with van der Waals surface area (Å²) in [5.41, 5.74) is 2.34. The van der Waals surface area contributed by atoms with Crippen molar-refractivity contribution in [2.45, 2.75) is 53.7 Å². The quantitative estimate of drug-likeness (QED) is 0.792. The van der Waals surface area contributed by atoms with Gasteiger partial charge in [0, 0.05) is 6.54 Å². The van der Waals surface area contributed by atoms with Crippen molar-refractivity contribution in [3.63, 3.8) is 0 Å². The molecule has 0 unspecified atom stereocenters. The van der Waals surface area contributed by atoms with E-state index in [9.17, 15) is 0 Å². The van der Waals surface area contributed by atoms with Crippen molar-refractivity contribution < 1.29 is 4.74 Å². The standard InChI is InChI=1S/C16H24N2OS/c1-6-16(4,5)10-18-12-8-7-9-13(19-11(2)3)14(12)17-15(18)20/h7-9,11H,6,10H2,1-5H3,(H,17,20). The molecule has 0 saturated carbocycles. The lowest BCUT2D eigenvalue weighted by molar-refractivity contribution is 0.245. The second-order valence-electron chi connectivity index (χ2n) is 6.35. The van der Waals surface area contributed by atoms with Gasteiger partial charge in [-0.1, -0.05) is 26.8 Å². The molecule has 1 aromatic carbocycles. The smallest absolute Gasteiger partial charge is 0.178 e. The molecule has 0 aliphatic carbocycles. The zero-order chi connectivity index (χ0) is 14.9. The zero-order valence-corrected chi connectivity index (χ0v) is 13.8. The fourth-order valence-electron chi connectivity index (χ4n) is 2.20. The summed E-state index contributed by atoms with van der Waals surface area (Å²) >= 11 is 5.49. The van der Waals surface area contributed by atoms with Crippen LogP contribution in [0, 0.1) is 10.2 Å². The van der Waals surface area contributed by atoms with E-state index in [1.165, 1.54) is 0 Å². The van der Waals surface area contributed by atoms with Crippen LogP contribution in [0.25, 0.3) is 11.0 Å². The third-order valence-electron chi connectivity index (χ3n) is 3.68. The van der Waals surface area contributed by atoms with Crippen LogP contribution in [0.5, 0.6) is 5.75 Å². The number of para-hydroxylation sites is 1. The Hall–Kier alpha value is -1.29. The molecule has 1 N–H and O–H groups in total. The highest BCUT2D eigenvalue weighted by Gasteiger charge is 2.19. The number of hydrogen-bond donors (Lipinski definition) is 1. The number of nitrogens with zero attached hydrogens (tertiary/aromatic N) is 1. The van der Waals surface area contributed by atoms with Crippen LogP contribution in [0.4, 0.5) is 0 Å². The van der Waals surface area contributed by atoms with Gasteiger partial charge in [-0.25, -0.2) is 0 Å². The number of fused-ring (bicyclic) bond motifs is 1. The molecule has 2 rings (SSSR count). The summed E-state index contributed by atoms with van der Waals surface area (Å²) < 4.78 is 8.81. The highest BCUT2D eigenvalue weighted by Crippen LogP contribution is 2.29. The molecule has 1 aromatic heterocycles. The van der Waals surface area contributed by atoms with Gasteiger partial charge in [0.15, 0.2) is 4.77 Å². The lowest BCUT2D eigenvalue weighted by atomic mass is 9.90. The fraction of sp³-hybridized carbons (Fsp3) is 0.562. The van der Waals surface area contributed by atoms with Crippen LogP contribution in [-0.4, -0.2) is 15.7 Å². The van der Waals surface area contributed by atoms with Crippen LogP contribution in [0.15, 0.2) is 18.2 Å². The third-order valence-corrected chi connectivity index (χ3v) is 4.00. The first-order chi connectivity index (χ1) is 9.34. The minimum absolute atomic E-state index is 0.151. The summed E-state index contributed by atoms with van der Waals surface area (Å²) in [6.07, 6.45) is 1.27. The number of aromatic nitrogens is 2. The van der Waals surface area contributed by atoms with Gasteiger partial charge < -0.3 is 14.3 Å². The van der Waals surface area contributed by atoms with Gasteiger partial charge in [0.05, 0.1) is 11.6 Å². The molecule has 0 atom stereocenters. The minimum atomic E-state index is 0.151. The van der Waals surface area contributed by atoms with Crippen molar-refractivity contribution >= 4 is 23.3 Å². The van der Waals surface area contributed by atoms with Gasteiger partial charge in [-0.05, 0) is 50.0 Å². The maximum atomic E-state index is 5.86. The number of hydrogen-bond acceptors (Lipinski definition) is 2. The summed E-state index contributed by atoms with van der Waals surface area (Å²) in [6.45, 7) is 11.7. The molecule has 0 bridgehead atoms. The van der Waals surface area contributed by atoms with Gasteiger partial charge in [-0.3, -0.25) is 0 Å². The van der Waals surface area contributed by atoms with Crippen LogP contribution in [-0.2, 0) is 6.54 Å². The van der Waals surface area contributed by atoms with Gasteiger partial charge in [-0.15, -0.1) is 0 Å². The average molecular weight is 292 g/mol. The van der Waals surface area contributed by atoms with E-state index >= 15 is 0 Å². The van der Waals surface area contributed by atoms with E-state index in [1.54, 1.807) is 0 Å². The summed E-state index contributed by atoms with van der Waals surface area (Å²) in [4.78, 5) is 3.30. The topological polar surface area (TPSA) is 29.9 Å². The van der Waals surface area contributed by atoms with Gasteiger partial charge in [0.25, 0.3) is 0 Å². The Bertz CT molecular complexity index is 652. The molecule has 0 saturated heterocycles. The zero-order valence-electron chi connectivity index (χ0n) is 13.0. The molecule has 1 heterocycles. The Morgan fingerprint density at radius 3 is 2.65 bits per heavy atom. The number of rotatable bonds is 5. The predicted octanol–water partition coefficient (Wildman–Crippen LogP) is 4.92. The van der Waals surface area contributed by atoms with Crippen molar-refractivity contribution in [2.75, 3.05) is 0 Å². The Morgan fingerprint density at radius 1 is 1.35 bits per heavy atom. The van der Waals surface area contributed by atoms with E-state index in [0.717, 1.165) is 34.5 Å². The van der Waals surface area contributed by atoms with Crippen LogP contribution < -0.4 is 4.74 Å². The predicted molar refractivity (Wildman–Crippen MR) is 87.0 cm³/mol. The first-order valence-corrected chi connectivity index (χ1v) is 7.63. The van der Waals surface area contributed by atoms with E-state index < -0.39 is 0 Å². The Morgan fingerprint density at radius 2 is 2.05 bits per heavy atom. The van der Waals surface area contributed by atoms with Crippen molar-refractivity contribution in [3.8, 4) is 5.75 Å². The molecule has 0 fully saturated rings. The highest BCUT2D eigenvalue weighted by molar-refractivity contribution is 7.71. The number of nitrogens with one attached hydrogen (secondary N) is 1. The molecule has 110 valence electrons. The Kier molecular flexibility index (Phi) is 4.23. The fourth-order valence-corrected chi connectivity index (χ4v) is 2.47. The molecule has 0 aliphatic heterocycles. The van der Waals surface area contributed by atoms with E-state index in [0.29, 0.717) is 0 Å². The third kappa shape index (κ3) is 3.06. The summed E-state index contributed by atoms with van der Waals surface area (Å²) in [5.74, 6) is 0.872. The maximum Gasteiger partial charge on any atom is 0.178 e. The molecule has 4 heteroatoms. The highest BCUT2D eigenvalue weighted by atomic mass is 32.1. The van der Waals surface area contributed by atoms with Crippen LogP contribution in [0.2, 0.25) is 0 Å². The first kappa shape index (κ1) is 15.1. The van der Waals surface area contributed by atoms with Crippen molar-refractivity contribution in [1.29, 1.82) is 0 Å². The van der Waals surface area contributed by atoms with E-state index in [1.807, 2.05) is 26.0 Å². The Labute approximate surface area is 126 Å². The number of H-pyrrole nitrogens is 1. The molecule has 3 nitrogen and oxygen atoms in total. The second kappa shape index (κ2) is 5.60. The van der Waals surface area contributed by atoms with E-state index in [4.69, 9.17) is 17.0 Å². The number of aromatic amines is 1. The monoisotopic (exact) mass is 292 g/mol. The van der Waals surface area contributed by atoms with E-state index in [-0.39, 0.29) is 11.5 Å². The molecule has 0 aliphatic rings. The largest absolute Gasteiger partial charge is 0.489 e. The van der Waals surface area contributed by atoms with Crippen LogP contribution in [0.3, 0.4) is 0 Å². The van der Waals surface area contributed by atoms with Crippen molar-refractivity contribution in [3.05, 3.63) is 23.0 Å². The summed E-state index contributed by atoms with van der Waals surface area (Å²) in [7, 11) is 0. The Balaban J connectivity index is 2.52. The first-order valence-electron chi connectivity index (χ1n) is 7.22. The average Bonchev–Trinajstić information content (AvgIpc) is 2.67. The number of imidazole rings is 1. The SMILES string of the molecule is CCC(C)(C)Cn1c(=S)[nH]c2c(OC(C)C)cccc21. The molecule has 0 amide bonds.